The van der Waals surface area contributed by atoms with Crippen molar-refractivity contribution in [2.75, 3.05) is 63.2 Å². The van der Waals surface area contributed by atoms with Crippen molar-refractivity contribution in [2.24, 2.45) is 74.9 Å². The number of ether oxygens (including phenoxy) is 7. The molecular weight excluding hydrogens is 1830 g/mol. The second kappa shape index (κ2) is 40.7. The molecule has 12 aliphatic carbocycles. The molecule has 12 bridgehead atoms. The van der Waals surface area contributed by atoms with E-state index in [1.54, 1.807) is 12.0 Å². The van der Waals surface area contributed by atoms with Gasteiger partial charge in [0, 0.05) is 58.5 Å². The van der Waals surface area contributed by atoms with E-state index in [0.29, 0.717) is 54.8 Å². The van der Waals surface area contributed by atoms with Gasteiger partial charge in [0.1, 0.15) is 28.8 Å². The average molecular weight is 1950 g/mol. The Morgan fingerprint density at radius 1 is 0.544 bits per heavy atom. The first-order chi connectivity index (χ1) is 58.1. The van der Waals surface area contributed by atoms with Crippen molar-refractivity contribution in [1.82, 2.24) is 0 Å². The number of benzene rings is 4. The summed E-state index contributed by atoms with van der Waals surface area (Å²) in [5.41, 5.74) is 0.187. The molecule has 2 heterocycles. The molecule has 0 amide bonds. The van der Waals surface area contributed by atoms with Crippen molar-refractivity contribution in [3.05, 3.63) is 127 Å². The molecule has 698 valence electrons. The molecule has 0 radical (unpaired) electrons. The van der Waals surface area contributed by atoms with E-state index in [4.69, 9.17) is 14.2 Å². The lowest BCUT2D eigenvalue weighted by molar-refractivity contribution is -0.597. The van der Waals surface area contributed by atoms with Crippen molar-refractivity contribution in [2.45, 2.75) is 260 Å². The van der Waals surface area contributed by atoms with Crippen LogP contribution < -0.4 is 25.9 Å². The van der Waals surface area contributed by atoms with Crippen LogP contribution in [0, 0.1) is 82.1 Å². The van der Waals surface area contributed by atoms with Gasteiger partial charge in [0.05, 0.1) is 51.0 Å². The molecule has 3 unspecified atom stereocenters. The van der Waals surface area contributed by atoms with Crippen LogP contribution in [0.15, 0.2) is 114 Å². The molecule has 33 heteroatoms. The number of rotatable bonds is 23. The minimum absolute atomic E-state index is 0.0235. The van der Waals surface area contributed by atoms with Gasteiger partial charge >= 0.3 is 80.3 Å². The molecule has 14 fully saturated rings. The van der Waals surface area contributed by atoms with Gasteiger partial charge < -0.3 is 37.7 Å². The van der Waals surface area contributed by atoms with Crippen LogP contribution in [0.1, 0.15) is 213 Å². The second-order valence-corrected chi connectivity index (χ2v) is 47.6. The first-order valence-corrected chi connectivity index (χ1v) is 49.9. The Balaban J connectivity index is 0.000000162. The number of carbonyl (C=O) groups is 5. The molecule has 15 nitrogen and oxygen atoms in total. The van der Waals surface area contributed by atoms with E-state index in [-0.39, 0.29) is 110 Å². The summed E-state index contributed by atoms with van der Waals surface area (Å²) >= 11 is 0.0287. The highest BCUT2D eigenvalue weighted by Gasteiger charge is 2.71. The van der Waals surface area contributed by atoms with E-state index in [0.717, 1.165) is 118 Å². The highest BCUT2D eigenvalue weighted by Crippen LogP contribution is 2.64. The molecule has 125 heavy (non-hydrogen) atoms. The van der Waals surface area contributed by atoms with Gasteiger partial charge in [0.25, 0.3) is 12.0 Å². The minimum Gasteiger partial charge on any atom is -0.743 e. The lowest BCUT2D eigenvalue weighted by Gasteiger charge is -2.56. The quantitative estimate of drug-likeness (QED) is 0.00989. The molecule has 14 aliphatic rings. The number of hydrogen-bond donors (Lipinski definition) is 0. The maximum Gasteiger partial charge on any atom is 0.468 e. The van der Waals surface area contributed by atoms with Crippen LogP contribution >= 0.6 is 0 Å². The van der Waals surface area contributed by atoms with Gasteiger partial charge in [0.15, 0.2) is 27.4 Å². The largest absolute Gasteiger partial charge is 0.743 e. The number of ketones is 1. The van der Waals surface area contributed by atoms with Crippen LogP contribution in [0.2, 0.25) is 0 Å². The van der Waals surface area contributed by atoms with Crippen LogP contribution in [0.4, 0.5) is 61.5 Å². The molecule has 4 aromatic carbocycles. The third-order valence-corrected chi connectivity index (χ3v) is 35.1. The summed E-state index contributed by atoms with van der Waals surface area (Å²) in [7, 11) is -4.60. The van der Waals surface area contributed by atoms with Crippen molar-refractivity contribution in [3.63, 3.8) is 0 Å². The Bertz CT molecular complexity index is 4190. The number of methoxy groups -OCH3 is 1. The summed E-state index contributed by atoms with van der Waals surface area (Å²) in [5.74, 6) is -14.7. The third kappa shape index (κ3) is 25.8. The fraction of sp³-hybridized carbons (Fsp3) is 0.685. The fourth-order valence-electron chi connectivity index (χ4n) is 21.6. The van der Waals surface area contributed by atoms with Crippen molar-refractivity contribution >= 4 is 61.6 Å². The molecule has 18 rings (SSSR count). The molecule has 3 atom stereocenters. The molecule has 4 aromatic rings. The lowest BCUT2D eigenvalue weighted by atomic mass is 9.49. The van der Waals surface area contributed by atoms with Crippen molar-refractivity contribution < 1.29 is 153 Å². The van der Waals surface area contributed by atoms with Crippen LogP contribution in [-0.4, -0.2) is 158 Å². The molecule has 0 aromatic heterocycles. The third-order valence-electron chi connectivity index (χ3n) is 26.1. The van der Waals surface area contributed by atoms with E-state index in [1.807, 2.05) is 24.3 Å². The number of esters is 4. The Hall–Kier alpha value is -5.49. The standard InChI is InChI=1S/C20H25F7O8S.C17H25O3S.C15H19F5O2.C14H20F2O2.C14H21S.C12H10I/c1-2-33-15(29)18(19(23,24)25,34-4-3-17(21,22)20(26,27)36(30,31)32)35-14(28)16-8-11-5-12(9-16)7-13(6-11)10-16;1-17(2,3)16(21-11-9-20-10-12-21)15(18)13-5-7-14(19-4)8-6-13;1-13(16,17)11(15(18,19)20)22-12(21)14-5-8-2-9(6-14)4-10(3-8)7-14;1-13(15,16)12(17)18-8-14-5-9-2-10(6-14)4-11(3-9)7-14;1-14(2,3)12-6-8-13(9-7-12)15-10-4-5-11-15;1-3-7-11(8-4-1)13-12-9-5-2-6-10-12/h11-13H,2-10H2,1H3,(H,30,31,32);5-8,16H,9-12H2,1-4H3;8-11H,2-7H2,1H3;9-11H,2-8H2,1H3;6-9H,4-5,10-11H2,1-3H3;1-10H/q;+1;;;2*+1/p-1. The van der Waals surface area contributed by atoms with Gasteiger partial charge in [-0.15, -0.1) is 0 Å². The molecule has 2 aliphatic heterocycles. The maximum atomic E-state index is 14.1. The molecule has 12 saturated carbocycles. The second-order valence-electron chi connectivity index (χ2n) is 38.5. The Kier molecular flexibility index (Phi) is 33.1. The first-order valence-electron chi connectivity index (χ1n) is 43.1. The highest BCUT2D eigenvalue weighted by atomic mass is 127. The fourth-order valence-corrected chi connectivity index (χ4v) is 29.4. The van der Waals surface area contributed by atoms with Crippen molar-refractivity contribution in [3.8, 4) is 5.75 Å². The Labute approximate surface area is 741 Å². The van der Waals surface area contributed by atoms with Crippen LogP contribution in [-0.2, 0) is 84.9 Å². The smallest absolute Gasteiger partial charge is 0.468 e. The number of Topliss-reactive ketones (excluding diaryl/α,β-unsaturated/α-hetero) is 1. The first kappa shape index (κ1) is 102. The molecular formula is C92H119F14IO15S3+2. The molecule has 0 spiro atoms. The Morgan fingerprint density at radius 2 is 0.968 bits per heavy atom. The number of halogens is 15. The lowest BCUT2D eigenvalue weighted by Crippen LogP contribution is -3.61. The van der Waals surface area contributed by atoms with Crippen LogP contribution in [0.3, 0.4) is 0 Å². The number of hydrogen-bond acceptors (Lipinski definition) is 15. The summed E-state index contributed by atoms with van der Waals surface area (Å²) in [6, 6.07) is 38.2. The summed E-state index contributed by atoms with van der Waals surface area (Å²) in [6.45, 7) is 14.2. The van der Waals surface area contributed by atoms with E-state index >= 15 is 0 Å². The Morgan fingerprint density at radius 3 is 1.34 bits per heavy atom. The summed E-state index contributed by atoms with van der Waals surface area (Å²) < 4.78 is 255. The molecule has 2 saturated heterocycles. The van der Waals surface area contributed by atoms with E-state index in [2.05, 4.69) is 145 Å². The predicted octanol–water partition coefficient (Wildman–Crippen LogP) is 18.0. The zero-order valence-corrected chi connectivity index (χ0v) is 77.1. The van der Waals surface area contributed by atoms with Crippen molar-refractivity contribution in [1.29, 1.82) is 0 Å². The minimum atomic E-state index is -6.91. The summed E-state index contributed by atoms with van der Waals surface area (Å²) in [6.07, 6.45) is 0.422. The number of alkyl halides is 14. The van der Waals surface area contributed by atoms with Crippen LogP contribution in [0.25, 0.3) is 0 Å². The highest BCUT2D eigenvalue weighted by molar-refractivity contribution is 7.98. The van der Waals surface area contributed by atoms with Gasteiger partial charge in [0.2, 0.25) is 5.78 Å². The zero-order valence-electron chi connectivity index (χ0n) is 72.5. The molecule has 0 N–H and O–H groups in total. The summed E-state index contributed by atoms with van der Waals surface area (Å²) in [4.78, 5) is 63.6. The zero-order chi connectivity index (χ0) is 92.0. The van der Waals surface area contributed by atoms with E-state index in [9.17, 15) is 98.4 Å². The SMILES string of the molecule is CC(C)(C)c1ccc([S+]2CCCC2)cc1.CC(F)(F)C(=O)OCC12CC3CC(CC(C3)C1)C2.CC(F)(F)C(OC(=O)C12CC3CC(CC(C3)C1)C2)C(F)(F)F.CCOC(=O)C(OCCC(F)(F)C(F)(F)S(=O)(=O)[O-])(OC(=O)C12CC3CC(CC(C3)C1)C2)C(F)(F)F.COc1ccc(C(=O)C([S+]2CCOCC2)C(C)(C)C)cc1.c1ccc([I+]c2ccccc2)cc1. The van der Waals surface area contributed by atoms with Gasteiger partial charge in [-0.25, -0.2) is 26.8 Å². The average Bonchev–Trinajstić information content (AvgIpc) is 0.880. The summed E-state index contributed by atoms with van der Waals surface area (Å²) in [5, 5.41) is -6.13. The van der Waals surface area contributed by atoms with Gasteiger partial charge in [-0.1, -0.05) is 90.1 Å². The topological polar surface area (TPSA) is 207 Å². The van der Waals surface area contributed by atoms with E-state index in [1.165, 1.54) is 56.3 Å². The van der Waals surface area contributed by atoms with Gasteiger partial charge in [-0.05, 0) is 260 Å². The normalized spacial score (nSPS) is 27.9. The van der Waals surface area contributed by atoms with E-state index < -0.39 is 112 Å². The number of carbonyl (C=O) groups excluding carboxylic acids is 5. The predicted molar refractivity (Wildman–Crippen MR) is 440 cm³/mol. The van der Waals surface area contributed by atoms with Gasteiger partial charge in [-0.2, -0.15) is 52.7 Å². The van der Waals surface area contributed by atoms with Gasteiger partial charge in [-0.3, -0.25) is 14.4 Å². The van der Waals surface area contributed by atoms with Crippen LogP contribution in [0.5, 0.6) is 5.75 Å². The monoisotopic (exact) mass is 1950 g/mol. The maximum absolute atomic E-state index is 14.1.